The Balaban J connectivity index is 1.80. The van der Waals surface area contributed by atoms with Crippen molar-refractivity contribution >= 4 is 11.9 Å². The van der Waals surface area contributed by atoms with Crippen LogP contribution in [0.5, 0.6) is 0 Å². The minimum Gasteiger partial charge on any atom is -0.480 e. The van der Waals surface area contributed by atoms with E-state index in [0.717, 1.165) is 41.3 Å². The van der Waals surface area contributed by atoms with Gasteiger partial charge < -0.3 is 15.3 Å². The van der Waals surface area contributed by atoms with Crippen molar-refractivity contribution in [3.63, 3.8) is 0 Å². The fourth-order valence-electron chi connectivity index (χ4n) is 4.96. The first-order valence-electron chi connectivity index (χ1n) is 12.7. The number of nitriles is 1. The lowest BCUT2D eigenvalue weighted by molar-refractivity contribution is -0.139. The van der Waals surface area contributed by atoms with Crippen molar-refractivity contribution in [3.8, 4) is 17.2 Å². The molecule has 6 nitrogen and oxygen atoms in total. The summed E-state index contributed by atoms with van der Waals surface area (Å²) in [5.74, 6) is -0.740. The Bertz CT molecular complexity index is 1050. The van der Waals surface area contributed by atoms with Gasteiger partial charge in [-0.2, -0.15) is 5.26 Å². The Kier molecular flexibility index (Phi) is 9.86. The van der Waals surface area contributed by atoms with Gasteiger partial charge in [0, 0.05) is 18.5 Å². The first-order valence-corrected chi connectivity index (χ1v) is 12.7. The summed E-state index contributed by atoms with van der Waals surface area (Å²) in [6.07, 6.45) is 8.14. The third-order valence-electron chi connectivity index (χ3n) is 7.01. The van der Waals surface area contributed by atoms with Gasteiger partial charge in [-0.05, 0) is 73.7 Å². The summed E-state index contributed by atoms with van der Waals surface area (Å²) in [6, 6.07) is 14.6. The highest BCUT2D eigenvalue weighted by Crippen LogP contribution is 2.29. The van der Waals surface area contributed by atoms with Gasteiger partial charge in [-0.25, -0.2) is 4.79 Å². The van der Waals surface area contributed by atoms with Crippen molar-refractivity contribution in [2.75, 3.05) is 13.6 Å². The normalized spacial score (nSPS) is 14.9. The summed E-state index contributed by atoms with van der Waals surface area (Å²) in [5.41, 5.74) is 4.35. The van der Waals surface area contributed by atoms with Crippen molar-refractivity contribution in [2.45, 2.75) is 70.9 Å². The molecule has 3 rings (SSSR count). The molecule has 1 unspecified atom stereocenters. The summed E-state index contributed by atoms with van der Waals surface area (Å²) in [7, 11) is 2.14. The number of aryl methyl sites for hydroxylation is 1. The van der Waals surface area contributed by atoms with Crippen LogP contribution in [0.25, 0.3) is 11.1 Å². The topological polar surface area (TPSA) is 93.4 Å². The average Bonchev–Trinajstić information content (AvgIpc) is 2.86. The molecule has 2 aromatic rings. The molecular formula is C29H37N3O3. The molecule has 2 N–H and O–H groups in total. The van der Waals surface area contributed by atoms with Crippen LogP contribution in [0.1, 0.15) is 72.9 Å². The fourth-order valence-corrected chi connectivity index (χ4v) is 4.96. The Labute approximate surface area is 209 Å². The molecule has 0 radical (unpaired) electrons. The van der Waals surface area contributed by atoms with E-state index in [1.54, 1.807) is 6.07 Å². The molecule has 0 saturated heterocycles. The van der Waals surface area contributed by atoms with Crippen molar-refractivity contribution < 1.29 is 14.7 Å². The number of amides is 1. The zero-order chi connectivity index (χ0) is 25.2. The Hall–Kier alpha value is -3.17. The van der Waals surface area contributed by atoms with E-state index in [9.17, 15) is 14.7 Å². The number of nitrogens with zero attached hydrogens (tertiary/aromatic N) is 2. The van der Waals surface area contributed by atoms with Crippen molar-refractivity contribution in [3.05, 3.63) is 59.2 Å². The number of hydrogen-bond donors (Lipinski definition) is 2. The molecule has 2 aromatic carbocycles. The third kappa shape index (κ3) is 7.66. The number of carboxylic acids is 1. The van der Waals surface area contributed by atoms with E-state index in [4.69, 9.17) is 5.26 Å². The number of carboxylic acid groups (broad SMARTS) is 1. The van der Waals surface area contributed by atoms with Crippen LogP contribution in [0.15, 0.2) is 42.5 Å². The summed E-state index contributed by atoms with van der Waals surface area (Å²) in [4.78, 5) is 27.1. The smallest absolute Gasteiger partial charge is 0.326 e. The van der Waals surface area contributed by atoms with E-state index < -0.39 is 17.9 Å². The summed E-state index contributed by atoms with van der Waals surface area (Å²) < 4.78 is 0. The second-order valence-electron chi connectivity index (χ2n) is 9.79. The molecule has 1 aliphatic rings. The number of nitrogens with one attached hydrogen (secondary N) is 1. The third-order valence-corrected chi connectivity index (χ3v) is 7.01. The number of rotatable bonds is 11. The monoisotopic (exact) mass is 475 g/mol. The minimum absolute atomic E-state index is 0.0635. The highest BCUT2D eigenvalue weighted by atomic mass is 16.4. The summed E-state index contributed by atoms with van der Waals surface area (Å²) in [5, 5.41) is 20.9. The molecule has 1 atom stereocenters. The molecule has 1 aliphatic carbocycles. The lowest BCUT2D eigenvalue weighted by Gasteiger charge is -2.25. The highest BCUT2D eigenvalue weighted by molar-refractivity contribution is 6.02. The van der Waals surface area contributed by atoms with Crippen molar-refractivity contribution in [2.24, 2.45) is 5.92 Å². The van der Waals surface area contributed by atoms with E-state index in [0.29, 0.717) is 5.56 Å². The van der Waals surface area contributed by atoms with Gasteiger partial charge in [-0.3, -0.25) is 4.79 Å². The molecule has 1 fully saturated rings. The minimum atomic E-state index is -1.14. The maximum absolute atomic E-state index is 13.2. The van der Waals surface area contributed by atoms with E-state index >= 15 is 0 Å². The van der Waals surface area contributed by atoms with E-state index in [2.05, 4.69) is 23.3 Å². The Morgan fingerprint density at radius 1 is 1.14 bits per heavy atom. The molecule has 0 bridgehead atoms. The van der Waals surface area contributed by atoms with Gasteiger partial charge in [0.2, 0.25) is 0 Å². The number of carbonyl (C=O) groups excluding carboxylic acids is 1. The van der Waals surface area contributed by atoms with Crippen LogP contribution in [0.3, 0.4) is 0 Å². The lowest BCUT2D eigenvalue weighted by atomic mass is 9.87. The first-order chi connectivity index (χ1) is 16.9. The maximum atomic E-state index is 13.2. The zero-order valence-corrected chi connectivity index (χ0v) is 20.9. The maximum Gasteiger partial charge on any atom is 0.326 e. The molecule has 0 heterocycles. The SMILES string of the molecule is Cc1ccccc1-c1cc(CN(C)CCC2CCCCC2)ccc1C(=O)NC(CCC#N)C(=O)O. The Morgan fingerprint density at radius 2 is 1.89 bits per heavy atom. The fraction of sp³-hybridized carbons (Fsp3) is 0.483. The molecule has 35 heavy (non-hydrogen) atoms. The van der Waals surface area contributed by atoms with Gasteiger partial charge in [0.15, 0.2) is 0 Å². The standard InChI is InChI=1S/C29H37N3O3/c1-21-9-6-7-12-24(21)26-19-23(20-32(2)18-16-22-10-4-3-5-11-22)14-15-25(26)28(33)31-27(29(34)35)13-8-17-30/h6-7,9,12,14-15,19,22,27H,3-5,8,10-11,13,16,18,20H2,1-2H3,(H,31,33)(H,34,35). The van der Waals surface area contributed by atoms with Crippen LogP contribution in [-0.4, -0.2) is 41.5 Å². The van der Waals surface area contributed by atoms with Crippen molar-refractivity contribution in [1.29, 1.82) is 5.26 Å². The number of aliphatic carboxylic acids is 1. The van der Waals surface area contributed by atoms with Crippen LogP contribution in [-0.2, 0) is 11.3 Å². The van der Waals surface area contributed by atoms with Crippen LogP contribution < -0.4 is 5.32 Å². The van der Waals surface area contributed by atoms with Crippen LogP contribution in [0.4, 0.5) is 0 Å². The summed E-state index contributed by atoms with van der Waals surface area (Å²) in [6.45, 7) is 3.84. The molecule has 1 amide bonds. The lowest BCUT2D eigenvalue weighted by Crippen LogP contribution is -2.40. The zero-order valence-electron chi connectivity index (χ0n) is 20.9. The van der Waals surface area contributed by atoms with Gasteiger partial charge in [0.05, 0.1) is 6.07 Å². The number of carbonyl (C=O) groups is 2. The van der Waals surface area contributed by atoms with Gasteiger partial charge >= 0.3 is 5.97 Å². The van der Waals surface area contributed by atoms with Gasteiger partial charge in [-0.1, -0.05) is 62.4 Å². The molecule has 0 aliphatic heterocycles. The van der Waals surface area contributed by atoms with Crippen LogP contribution in [0, 0.1) is 24.2 Å². The van der Waals surface area contributed by atoms with E-state index in [1.807, 2.05) is 43.3 Å². The van der Waals surface area contributed by atoms with Crippen LogP contribution in [0.2, 0.25) is 0 Å². The van der Waals surface area contributed by atoms with Gasteiger partial charge in [0.1, 0.15) is 6.04 Å². The van der Waals surface area contributed by atoms with E-state index in [1.165, 1.54) is 38.5 Å². The predicted octanol–water partition coefficient (Wildman–Crippen LogP) is 5.55. The second-order valence-corrected chi connectivity index (χ2v) is 9.79. The predicted molar refractivity (Wildman–Crippen MR) is 138 cm³/mol. The quantitative estimate of drug-likeness (QED) is 0.444. The van der Waals surface area contributed by atoms with E-state index in [-0.39, 0.29) is 12.8 Å². The van der Waals surface area contributed by atoms with Crippen LogP contribution >= 0.6 is 0 Å². The molecule has 186 valence electrons. The highest BCUT2D eigenvalue weighted by Gasteiger charge is 2.23. The molecule has 0 spiro atoms. The van der Waals surface area contributed by atoms with Gasteiger partial charge in [0.25, 0.3) is 5.91 Å². The molecular weight excluding hydrogens is 438 g/mol. The largest absolute Gasteiger partial charge is 0.480 e. The average molecular weight is 476 g/mol. The molecule has 1 saturated carbocycles. The van der Waals surface area contributed by atoms with Gasteiger partial charge in [-0.15, -0.1) is 0 Å². The molecule has 0 aromatic heterocycles. The number of hydrogen-bond acceptors (Lipinski definition) is 4. The molecule has 6 heteroatoms. The first kappa shape index (κ1) is 26.4. The second kappa shape index (κ2) is 13.1. The number of benzene rings is 2. The Morgan fingerprint density at radius 3 is 2.57 bits per heavy atom. The van der Waals surface area contributed by atoms with Crippen molar-refractivity contribution in [1.82, 2.24) is 10.2 Å². The summed E-state index contributed by atoms with van der Waals surface area (Å²) >= 11 is 0.